The van der Waals surface area contributed by atoms with Crippen LogP contribution in [-0.4, -0.2) is 43.4 Å². The molecule has 1 unspecified atom stereocenters. The van der Waals surface area contributed by atoms with Crippen LogP contribution >= 0.6 is 11.6 Å². The van der Waals surface area contributed by atoms with E-state index in [1.165, 1.54) is 0 Å². The molecule has 1 atom stereocenters. The van der Waals surface area contributed by atoms with E-state index < -0.39 is 15.9 Å². The fraction of sp³-hybridized carbons (Fsp3) is 0.400. The van der Waals surface area contributed by atoms with Crippen molar-refractivity contribution in [1.82, 2.24) is 4.98 Å². The van der Waals surface area contributed by atoms with Crippen LogP contribution in [-0.2, 0) is 14.6 Å². The van der Waals surface area contributed by atoms with Gasteiger partial charge < -0.3 is 10.2 Å². The molecule has 1 aromatic rings. The first-order chi connectivity index (χ1) is 8.46. The van der Waals surface area contributed by atoms with Gasteiger partial charge >= 0.3 is 0 Å². The van der Waals surface area contributed by atoms with Crippen molar-refractivity contribution in [2.24, 2.45) is 0 Å². The van der Waals surface area contributed by atoms with E-state index in [1.807, 2.05) is 0 Å². The molecule has 3 heterocycles. The van der Waals surface area contributed by atoms with Gasteiger partial charge in [-0.05, 0) is 12.1 Å². The van der Waals surface area contributed by atoms with E-state index in [1.54, 1.807) is 17.0 Å². The van der Waals surface area contributed by atoms with Gasteiger partial charge in [-0.2, -0.15) is 0 Å². The molecular formula is C10H10ClN3O3S. The fourth-order valence-electron chi connectivity index (χ4n) is 2.24. The van der Waals surface area contributed by atoms with Crippen LogP contribution in [0.1, 0.15) is 0 Å². The minimum absolute atomic E-state index is 0.0322. The molecule has 0 spiro atoms. The zero-order chi connectivity index (χ0) is 12.9. The van der Waals surface area contributed by atoms with Crippen molar-refractivity contribution < 1.29 is 13.2 Å². The number of nitrogens with one attached hydrogen (secondary N) is 1. The van der Waals surface area contributed by atoms with Gasteiger partial charge in [0.2, 0.25) is 5.91 Å². The normalized spacial score (nSPS) is 25.1. The maximum Gasteiger partial charge on any atom is 0.248 e. The van der Waals surface area contributed by atoms with E-state index in [0.717, 1.165) is 0 Å². The van der Waals surface area contributed by atoms with Crippen LogP contribution in [0, 0.1) is 0 Å². The zero-order valence-corrected chi connectivity index (χ0v) is 10.8. The van der Waals surface area contributed by atoms with Gasteiger partial charge in [-0.3, -0.25) is 4.79 Å². The summed E-state index contributed by atoms with van der Waals surface area (Å²) in [7, 11) is -3.16. The van der Waals surface area contributed by atoms with Gasteiger partial charge in [0.15, 0.2) is 15.7 Å². The van der Waals surface area contributed by atoms with E-state index in [4.69, 9.17) is 11.6 Å². The van der Waals surface area contributed by atoms with Crippen molar-refractivity contribution in [3.8, 4) is 0 Å². The first-order valence-electron chi connectivity index (χ1n) is 5.41. The number of anilines is 2. The largest absolute Gasteiger partial charge is 0.341 e. The molecule has 6 nitrogen and oxygen atoms in total. The second-order valence-electron chi connectivity index (χ2n) is 4.32. The number of carbonyl (C=O) groups is 1. The quantitative estimate of drug-likeness (QED) is 0.694. The fourth-order valence-corrected chi connectivity index (χ4v) is 3.83. The summed E-state index contributed by atoms with van der Waals surface area (Å²) in [6.45, 7) is 0.265. The molecule has 3 rings (SSSR count). The molecule has 0 radical (unpaired) electrons. The van der Waals surface area contributed by atoms with E-state index in [9.17, 15) is 13.2 Å². The van der Waals surface area contributed by atoms with Crippen molar-refractivity contribution in [3.63, 3.8) is 0 Å². The Kier molecular flexibility index (Phi) is 2.49. The van der Waals surface area contributed by atoms with Crippen LogP contribution in [0.4, 0.5) is 11.5 Å². The number of hydrogen-bond donors (Lipinski definition) is 1. The van der Waals surface area contributed by atoms with Gasteiger partial charge in [0.1, 0.15) is 11.2 Å². The summed E-state index contributed by atoms with van der Waals surface area (Å²) < 4.78 is 23.2. The number of carbonyl (C=O) groups excluding carboxylic acids is 1. The number of fused-ring (bicyclic) bond motifs is 3. The molecule has 1 amide bonds. The molecule has 1 aromatic heterocycles. The van der Waals surface area contributed by atoms with Crippen LogP contribution in [0.5, 0.6) is 0 Å². The number of amides is 1. The third-order valence-electron chi connectivity index (χ3n) is 3.10. The summed E-state index contributed by atoms with van der Waals surface area (Å²) in [6.07, 6.45) is 0. The molecule has 0 aromatic carbocycles. The molecule has 1 saturated heterocycles. The number of hydrogen-bond acceptors (Lipinski definition) is 5. The standard InChI is InChI=1S/C10H10ClN3O3S/c11-8-2-1-6-9(13-8)14-3-4-18(16,17)5-7(14)10(15)12-6/h1-2,7H,3-5H2,(H,12,15). The molecule has 1 fully saturated rings. The highest BCUT2D eigenvalue weighted by Gasteiger charge is 2.40. The lowest BCUT2D eigenvalue weighted by Gasteiger charge is -2.39. The minimum Gasteiger partial charge on any atom is -0.341 e. The molecule has 2 aliphatic heterocycles. The third-order valence-corrected chi connectivity index (χ3v) is 4.94. The molecule has 0 aliphatic carbocycles. The van der Waals surface area contributed by atoms with Gasteiger partial charge in [0.05, 0.1) is 17.2 Å². The van der Waals surface area contributed by atoms with Gasteiger partial charge in [-0.25, -0.2) is 13.4 Å². The van der Waals surface area contributed by atoms with Crippen LogP contribution in [0.15, 0.2) is 12.1 Å². The molecule has 8 heteroatoms. The van der Waals surface area contributed by atoms with Crippen LogP contribution in [0.3, 0.4) is 0 Å². The highest BCUT2D eigenvalue weighted by Crippen LogP contribution is 2.33. The summed E-state index contributed by atoms with van der Waals surface area (Å²) in [5.74, 6) is 0.0913. The Morgan fingerprint density at radius 2 is 2.22 bits per heavy atom. The summed E-state index contributed by atoms with van der Waals surface area (Å²) in [6, 6.07) is 2.55. The Bertz CT molecular complexity index is 631. The summed E-state index contributed by atoms with van der Waals surface area (Å²) in [4.78, 5) is 17.8. The maximum atomic E-state index is 11.9. The first-order valence-corrected chi connectivity index (χ1v) is 7.61. The molecule has 1 N–H and O–H groups in total. The molecule has 0 bridgehead atoms. The number of sulfone groups is 1. The average molecular weight is 288 g/mol. The minimum atomic E-state index is -3.16. The predicted molar refractivity (Wildman–Crippen MR) is 67.7 cm³/mol. The second-order valence-corrected chi connectivity index (χ2v) is 6.93. The highest BCUT2D eigenvalue weighted by molar-refractivity contribution is 7.91. The third kappa shape index (κ3) is 1.83. The summed E-state index contributed by atoms with van der Waals surface area (Å²) in [5.41, 5.74) is 0.569. The predicted octanol–water partition coefficient (Wildman–Crippen LogP) is 0.290. The van der Waals surface area contributed by atoms with Gasteiger partial charge in [-0.1, -0.05) is 11.6 Å². The number of halogens is 1. The van der Waals surface area contributed by atoms with Crippen molar-refractivity contribution in [2.75, 3.05) is 28.3 Å². The number of nitrogens with zero attached hydrogens (tertiary/aromatic N) is 2. The Balaban J connectivity index is 2.07. The van der Waals surface area contributed by atoms with E-state index in [2.05, 4.69) is 10.3 Å². The van der Waals surface area contributed by atoms with E-state index >= 15 is 0 Å². The van der Waals surface area contributed by atoms with E-state index in [-0.39, 0.29) is 24.0 Å². The van der Waals surface area contributed by atoms with Gasteiger partial charge in [-0.15, -0.1) is 0 Å². The van der Waals surface area contributed by atoms with Gasteiger partial charge in [0, 0.05) is 6.54 Å². The van der Waals surface area contributed by atoms with Gasteiger partial charge in [0.25, 0.3) is 0 Å². The molecule has 18 heavy (non-hydrogen) atoms. The van der Waals surface area contributed by atoms with Crippen molar-refractivity contribution >= 4 is 38.9 Å². The Morgan fingerprint density at radius 3 is 3.00 bits per heavy atom. The molecule has 2 aliphatic rings. The lowest BCUT2D eigenvalue weighted by molar-refractivity contribution is -0.117. The average Bonchev–Trinajstić information content (AvgIpc) is 2.29. The second kappa shape index (κ2) is 3.83. The Labute approximate surface area is 109 Å². The summed E-state index contributed by atoms with van der Waals surface area (Å²) in [5, 5.41) is 2.97. The van der Waals surface area contributed by atoms with Crippen LogP contribution in [0.2, 0.25) is 5.15 Å². The lowest BCUT2D eigenvalue weighted by atomic mass is 10.1. The topological polar surface area (TPSA) is 79.4 Å². The smallest absolute Gasteiger partial charge is 0.248 e. The molecular weight excluding hydrogens is 278 g/mol. The number of pyridine rings is 1. The molecule has 0 saturated carbocycles. The Morgan fingerprint density at radius 1 is 1.44 bits per heavy atom. The monoisotopic (exact) mass is 287 g/mol. The van der Waals surface area contributed by atoms with E-state index in [0.29, 0.717) is 16.7 Å². The van der Waals surface area contributed by atoms with Crippen molar-refractivity contribution in [3.05, 3.63) is 17.3 Å². The van der Waals surface area contributed by atoms with Crippen LogP contribution in [0.25, 0.3) is 0 Å². The van der Waals surface area contributed by atoms with Crippen molar-refractivity contribution in [1.29, 1.82) is 0 Å². The maximum absolute atomic E-state index is 11.9. The number of rotatable bonds is 0. The number of aromatic nitrogens is 1. The Hall–Kier alpha value is -1.34. The molecule has 96 valence electrons. The highest BCUT2D eigenvalue weighted by atomic mass is 35.5. The van der Waals surface area contributed by atoms with Crippen LogP contribution < -0.4 is 10.2 Å². The first kappa shape index (κ1) is 11.7. The zero-order valence-electron chi connectivity index (χ0n) is 9.26. The van der Waals surface area contributed by atoms with Crippen molar-refractivity contribution in [2.45, 2.75) is 6.04 Å². The lowest BCUT2D eigenvalue weighted by Crippen LogP contribution is -2.57. The summed E-state index contributed by atoms with van der Waals surface area (Å²) >= 11 is 5.83. The SMILES string of the molecule is O=C1Nc2ccc(Cl)nc2N2CCS(=O)(=O)CC12.